The second-order valence-corrected chi connectivity index (χ2v) is 8.02. The topological polar surface area (TPSA) is 103 Å². The minimum absolute atomic E-state index is 0.162. The van der Waals surface area contributed by atoms with Gasteiger partial charge in [0.05, 0.1) is 38.4 Å². The van der Waals surface area contributed by atoms with Crippen LogP contribution < -0.4 is 24.3 Å². The van der Waals surface area contributed by atoms with Gasteiger partial charge in [-0.15, -0.1) is 0 Å². The molecular weight excluding hydrogens is 472 g/mol. The van der Waals surface area contributed by atoms with Crippen molar-refractivity contribution >= 4 is 52.2 Å². The first-order valence-corrected chi connectivity index (χ1v) is 10.7. The van der Waals surface area contributed by atoms with Crippen molar-refractivity contribution in [2.75, 3.05) is 40.3 Å². The van der Waals surface area contributed by atoms with Crippen molar-refractivity contribution in [1.29, 1.82) is 0 Å². The van der Waals surface area contributed by atoms with Crippen LogP contribution in [-0.4, -0.2) is 56.9 Å². The van der Waals surface area contributed by atoms with E-state index >= 15 is 0 Å². The number of hydrogen-bond acceptors (Lipinski definition) is 8. The van der Waals surface area contributed by atoms with Crippen LogP contribution in [0.25, 0.3) is 6.08 Å². The molecule has 0 bridgehead atoms. The van der Waals surface area contributed by atoms with Crippen LogP contribution >= 0.6 is 23.4 Å². The third kappa shape index (κ3) is 5.35. The van der Waals surface area contributed by atoms with E-state index in [-0.39, 0.29) is 4.91 Å². The van der Waals surface area contributed by atoms with Gasteiger partial charge >= 0.3 is 0 Å². The maximum Gasteiger partial charge on any atom is 0.294 e. The molecule has 1 saturated heterocycles. The summed E-state index contributed by atoms with van der Waals surface area (Å²) in [5, 5.41) is 2.37. The summed E-state index contributed by atoms with van der Waals surface area (Å²) < 4.78 is 21.0. The van der Waals surface area contributed by atoms with Crippen LogP contribution in [0.15, 0.2) is 35.2 Å². The molecule has 0 aliphatic carbocycles. The van der Waals surface area contributed by atoms with Gasteiger partial charge in [-0.2, -0.15) is 0 Å². The van der Waals surface area contributed by atoms with Gasteiger partial charge in [0.25, 0.3) is 11.1 Å². The second kappa shape index (κ2) is 10.5. The summed E-state index contributed by atoms with van der Waals surface area (Å²) in [6.07, 6.45) is 1.52. The predicted molar refractivity (Wildman–Crippen MR) is 125 cm³/mol. The quantitative estimate of drug-likeness (QED) is 0.550. The number of rotatable bonds is 8. The number of thioether (sulfide) groups is 1. The van der Waals surface area contributed by atoms with Crippen molar-refractivity contribution in [3.63, 3.8) is 0 Å². The number of nitrogens with one attached hydrogen (secondary N) is 1. The van der Waals surface area contributed by atoms with Gasteiger partial charge in [0, 0.05) is 5.69 Å². The molecule has 3 amide bonds. The standard InChI is InChI=1S/C22H21ClN2O7S/c1-29-15-6-5-13(10-14(15)23)24-19(26)11-25-21(27)18(33-22(25)28)9-12-7-16(30-2)20(32-4)17(8-12)31-3/h5-10H,11H2,1-4H3,(H,24,26)/b18-9+. The highest BCUT2D eigenvalue weighted by atomic mass is 35.5. The number of halogens is 1. The summed E-state index contributed by atoms with van der Waals surface area (Å²) in [5.74, 6) is 0.534. The van der Waals surface area contributed by atoms with Crippen LogP contribution in [-0.2, 0) is 9.59 Å². The third-order valence-electron chi connectivity index (χ3n) is 4.60. The number of carbonyl (C=O) groups excluding carboxylic acids is 3. The Bertz CT molecular complexity index is 1110. The van der Waals surface area contributed by atoms with Gasteiger partial charge < -0.3 is 24.3 Å². The first-order valence-electron chi connectivity index (χ1n) is 9.50. The smallest absolute Gasteiger partial charge is 0.294 e. The van der Waals surface area contributed by atoms with Crippen molar-refractivity contribution in [2.45, 2.75) is 0 Å². The Balaban J connectivity index is 1.76. The summed E-state index contributed by atoms with van der Waals surface area (Å²) in [6, 6.07) is 8.00. The van der Waals surface area contributed by atoms with Gasteiger partial charge in [-0.25, -0.2) is 0 Å². The van der Waals surface area contributed by atoms with Crippen molar-refractivity contribution in [2.24, 2.45) is 0 Å². The number of anilines is 1. The van der Waals surface area contributed by atoms with Gasteiger partial charge in [-0.05, 0) is 53.7 Å². The molecule has 0 radical (unpaired) electrons. The van der Waals surface area contributed by atoms with Crippen LogP contribution in [0, 0.1) is 0 Å². The molecule has 0 unspecified atom stereocenters. The lowest BCUT2D eigenvalue weighted by Crippen LogP contribution is -2.36. The van der Waals surface area contributed by atoms with E-state index < -0.39 is 23.6 Å². The molecule has 2 aromatic carbocycles. The van der Waals surface area contributed by atoms with Gasteiger partial charge in [-0.3, -0.25) is 19.3 Å². The van der Waals surface area contributed by atoms with Crippen LogP contribution in [0.2, 0.25) is 5.02 Å². The normalized spacial score (nSPS) is 14.5. The van der Waals surface area contributed by atoms with Crippen molar-refractivity contribution < 1.29 is 33.3 Å². The third-order valence-corrected chi connectivity index (χ3v) is 5.80. The number of hydrogen-bond donors (Lipinski definition) is 1. The maximum absolute atomic E-state index is 12.8. The zero-order chi connectivity index (χ0) is 24.1. The van der Waals surface area contributed by atoms with E-state index in [1.165, 1.54) is 40.6 Å². The van der Waals surface area contributed by atoms with Crippen LogP contribution in [0.4, 0.5) is 10.5 Å². The van der Waals surface area contributed by atoms with E-state index in [0.29, 0.717) is 39.3 Å². The van der Waals surface area contributed by atoms with E-state index in [4.69, 9.17) is 30.5 Å². The Labute approximate surface area is 199 Å². The second-order valence-electron chi connectivity index (χ2n) is 6.62. The van der Waals surface area contributed by atoms with Crippen LogP contribution in [0.1, 0.15) is 5.56 Å². The number of amides is 3. The fourth-order valence-corrected chi connectivity index (χ4v) is 4.16. The monoisotopic (exact) mass is 492 g/mol. The number of ether oxygens (including phenoxy) is 4. The van der Waals surface area contributed by atoms with Gasteiger partial charge in [0.1, 0.15) is 12.3 Å². The average Bonchev–Trinajstić information content (AvgIpc) is 3.05. The molecule has 33 heavy (non-hydrogen) atoms. The van der Waals surface area contributed by atoms with Gasteiger partial charge in [-0.1, -0.05) is 11.6 Å². The lowest BCUT2D eigenvalue weighted by atomic mass is 10.1. The lowest BCUT2D eigenvalue weighted by molar-refractivity contribution is -0.127. The molecule has 9 nitrogen and oxygen atoms in total. The molecule has 0 aromatic heterocycles. The minimum atomic E-state index is -0.582. The van der Waals surface area contributed by atoms with Crippen LogP contribution in [0.3, 0.4) is 0 Å². The summed E-state index contributed by atoms with van der Waals surface area (Å²) in [5.41, 5.74) is 0.970. The number of imide groups is 1. The Morgan fingerprint density at radius 3 is 2.18 bits per heavy atom. The Hall–Kier alpha value is -3.37. The Morgan fingerprint density at radius 1 is 1.00 bits per heavy atom. The number of benzene rings is 2. The van der Waals surface area contributed by atoms with E-state index in [1.54, 1.807) is 24.3 Å². The number of methoxy groups -OCH3 is 4. The zero-order valence-corrected chi connectivity index (χ0v) is 19.8. The van der Waals surface area contributed by atoms with E-state index in [2.05, 4.69) is 5.32 Å². The molecule has 3 rings (SSSR count). The first kappa shape index (κ1) is 24.3. The molecular formula is C22H21ClN2O7S. The molecule has 0 atom stereocenters. The lowest BCUT2D eigenvalue weighted by Gasteiger charge is -2.13. The molecule has 1 fully saturated rings. The fraction of sp³-hybridized carbons (Fsp3) is 0.227. The molecule has 0 saturated carbocycles. The van der Waals surface area contributed by atoms with Crippen LogP contribution in [0.5, 0.6) is 23.0 Å². The highest BCUT2D eigenvalue weighted by molar-refractivity contribution is 8.18. The first-order chi connectivity index (χ1) is 15.8. The number of carbonyl (C=O) groups is 3. The Kier molecular flexibility index (Phi) is 7.72. The fourth-order valence-electron chi connectivity index (χ4n) is 3.06. The summed E-state index contributed by atoms with van der Waals surface area (Å²) in [6.45, 7) is -0.444. The summed E-state index contributed by atoms with van der Waals surface area (Å²) in [4.78, 5) is 38.6. The molecule has 2 aromatic rings. The zero-order valence-electron chi connectivity index (χ0n) is 18.3. The molecule has 1 aliphatic heterocycles. The summed E-state index contributed by atoms with van der Waals surface area (Å²) >= 11 is 6.79. The highest BCUT2D eigenvalue weighted by Crippen LogP contribution is 2.40. The van der Waals surface area contributed by atoms with Crippen molar-refractivity contribution in [1.82, 2.24) is 4.90 Å². The predicted octanol–water partition coefficient (Wildman–Crippen LogP) is 4.05. The van der Waals surface area contributed by atoms with E-state index in [1.807, 2.05) is 0 Å². The van der Waals surface area contributed by atoms with Gasteiger partial charge in [0.15, 0.2) is 11.5 Å². The highest BCUT2D eigenvalue weighted by Gasteiger charge is 2.36. The van der Waals surface area contributed by atoms with Crippen molar-refractivity contribution in [3.05, 3.63) is 45.8 Å². The SMILES string of the molecule is COc1ccc(NC(=O)CN2C(=O)S/C(=C/c3cc(OC)c(OC)c(OC)c3)C2=O)cc1Cl. The molecule has 1 heterocycles. The number of nitrogens with zero attached hydrogens (tertiary/aromatic N) is 1. The molecule has 174 valence electrons. The molecule has 11 heteroatoms. The van der Waals surface area contributed by atoms with Crippen molar-refractivity contribution in [3.8, 4) is 23.0 Å². The molecule has 1 aliphatic rings. The summed E-state index contributed by atoms with van der Waals surface area (Å²) in [7, 11) is 5.91. The van der Waals surface area contributed by atoms with Gasteiger partial charge in [0.2, 0.25) is 11.7 Å². The van der Waals surface area contributed by atoms with E-state index in [9.17, 15) is 14.4 Å². The molecule has 0 spiro atoms. The minimum Gasteiger partial charge on any atom is -0.495 e. The van der Waals surface area contributed by atoms with E-state index in [0.717, 1.165) is 16.7 Å². The molecule has 1 N–H and O–H groups in total. The largest absolute Gasteiger partial charge is 0.495 e. The average molecular weight is 493 g/mol. The Morgan fingerprint density at radius 2 is 1.64 bits per heavy atom. The maximum atomic E-state index is 12.8.